The number of carbonyl (C=O) groups is 1. The highest BCUT2D eigenvalue weighted by Gasteiger charge is 2.27. The fraction of sp³-hybridized carbons (Fsp3) is 0.348. The Morgan fingerprint density at radius 2 is 2.00 bits per heavy atom. The van der Waals surface area contributed by atoms with Crippen molar-refractivity contribution in [1.29, 1.82) is 0 Å². The number of carbonyl (C=O) groups excluding carboxylic acids is 1. The van der Waals surface area contributed by atoms with Crippen molar-refractivity contribution in [3.63, 3.8) is 0 Å². The Morgan fingerprint density at radius 1 is 1.13 bits per heavy atom. The highest BCUT2D eigenvalue weighted by Crippen LogP contribution is 2.29. The van der Waals surface area contributed by atoms with E-state index in [2.05, 4.69) is 10.3 Å². The summed E-state index contributed by atoms with van der Waals surface area (Å²) in [4.78, 5) is 14.6. The second kappa shape index (κ2) is 9.43. The molecule has 3 aromatic rings. The van der Waals surface area contributed by atoms with Gasteiger partial charge in [0.25, 0.3) is 0 Å². The summed E-state index contributed by atoms with van der Waals surface area (Å²) in [5.74, 6) is 1.55. The summed E-state index contributed by atoms with van der Waals surface area (Å²) in [6, 6.07) is 16.1. The Balaban J connectivity index is 1.33. The molecule has 1 aliphatic heterocycles. The number of aromatic nitrogens is 3. The highest BCUT2D eigenvalue weighted by molar-refractivity contribution is 5.76. The number of hydrogen-bond acceptors (Lipinski definition) is 5. The van der Waals surface area contributed by atoms with Crippen LogP contribution in [0.1, 0.15) is 30.0 Å². The Labute approximate surface area is 176 Å². The van der Waals surface area contributed by atoms with Crippen LogP contribution in [-0.2, 0) is 17.8 Å². The first-order chi connectivity index (χ1) is 14.7. The zero-order chi connectivity index (χ0) is 20.8. The molecule has 1 saturated heterocycles. The summed E-state index contributed by atoms with van der Waals surface area (Å²) in [5.41, 5.74) is 2.15. The van der Waals surface area contributed by atoms with Gasteiger partial charge in [-0.05, 0) is 36.1 Å². The van der Waals surface area contributed by atoms with Gasteiger partial charge in [0, 0.05) is 25.7 Å². The lowest BCUT2D eigenvalue weighted by Crippen LogP contribution is -2.29. The van der Waals surface area contributed by atoms with Gasteiger partial charge in [-0.15, -0.1) is 5.10 Å². The lowest BCUT2D eigenvalue weighted by Gasteiger charge is -2.17. The molecular weight excluding hydrogens is 380 g/mol. The minimum Gasteiger partial charge on any atom is -0.493 e. The molecule has 30 heavy (non-hydrogen) atoms. The number of rotatable bonds is 8. The van der Waals surface area contributed by atoms with Crippen LogP contribution in [0.5, 0.6) is 11.5 Å². The van der Waals surface area contributed by atoms with E-state index in [9.17, 15) is 4.79 Å². The molecule has 0 saturated carbocycles. The fourth-order valence-electron chi connectivity index (χ4n) is 3.73. The summed E-state index contributed by atoms with van der Waals surface area (Å²) in [5, 5.41) is 7.91. The van der Waals surface area contributed by atoms with Gasteiger partial charge in [-0.2, -0.15) is 0 Å². The molecule has 0 spiro atoms. The van der Waals surface area contributed by atoms with E-state index in [0.717, 1.165) is 24.1 Å². The lowest BCUT2D eigenvalue weighted by molar-refractivity contribution is -0.130. The molecule has 7 heteroatoms. The summed E-state index contributed by atoms with van der Waals surface area (Å²) in [6.45, 7) is 1.92. The SMILES string of the molecule is COc1ccc(CCC(=O)N2CCC(n3ccnn3)C2)cc1OCc1ccccc1. The number of ether oxygens (including phenoxy) is 2. The Morgan fingerprint density at radius 3 is 2.77 bits per heavy atom. The second-order valence-corrected chi connectivity index (χ2v) is 7.42. The van der Waals surface area contributed by atoms with Crippen LogP contribution >= 0.6 is 0 Å². The van der Waals surface area contributed by atoms with Crippen LogP contribution in [0.3, 0.4) is 0 Å². The summed E-state index contributed by atoms with van der Waals surface area (Å²) < 4.78 is 13.3. The fourth-order valence-corrected chi connectivity index (χ4v) is 3.73. The number of methoxy groups -OCH3 is 1. The van der Waals surface area contributed by atoms with Crippen molar-refractivity contribution in [2.45, 2.75) is 31.9 Å². The van der Waals surface area contributed by atoms with E-state index in [4.69, 9.17) is 9.47 Å². The van der Waals surface area contributed by atoms with Gasteiger partial charge in [-0.1, -0.05) is 41.6 Å². The molecular formula is C23H26N4O3. The maximum atomic E-state index is 12.7. The first-order valence-corrected chi connectivity index (χ1v) is 10.2. The van der Waals surface area contributed by atoms with Crippen molar-refractivity contribution >= 4 is 5.91 Å². The van der Waals surface area contributed by atoms with Crippen molar-refractivity contribution in [1.82, 2.24) is 19.9 Å². The van der Waals surface area contributed by atoms with Crippen LogP contribution in [0, 0.1) is 0 Å². The maximum absolute atomic E-state index is 12.7. The second-order valence-electron chi connectivity index (χ2n) is 7.42. The van der Waals surface area contributed by atoms with Crippen LogP contribution in [0.4, 0.5) is 0 Å². The van der Waals surface area contributed by atoms with Crippen LogP contribution in [-0.4, -0.2) is 46.0 Å². The molecule has 2 aromatic carbocycles. The number of benzene rings is 2. The number of aryl methyl sites for hydroxylation is 1. The Bertz CT molecular complexity index is 960. The Hall–Kier alpha value is -3.35. The molecule has 0 aliphatic carbocycles. The van der Waals surface area contributed by atoms with Gasteiger partial charge >= 0.3 is 0 Å². The molecule has 1 fully saturated rings. The van der Waals surface area contributed by atoms with E-state index >= 15 is 0 Å². The van der Waals surface area contributed by atoms with Crippen LogP contribution in [0.15, 0.2) is 60.9 Å². The predicted molar refractivity (Wildman–Crippen MR) is 112 cm³/mol. The summed E-state index contributed by atoms with van der Waals surface area (Å²) >= 11 is 0. The minimum absolute atomic E-state index is 0.167. The van der Waals surface area contributed by atoms with Gasteiger partial charge < -0.3 is 14.4 Å². The van der Waals surface area contributed by atoms with Gasteiger partial charge in [0.05, 0.1) is 19.3 Å². The summed E-state index contributed by atoms with van der Waals surface area (Å²) in [6.07, 6.45) is 5.57. The van der Waals surface area contributed by atoms with Gasteiger partial charge in [-0.3, -0.25) is 4.79 Å². The topological polar surface area (TPSA) is 69.5 Å². The molecule has 1 unspecified atom stereocenters. The normalized spacial score (nSPS) is 15.9. The van der Waals surface area contributed by atoms with Crippen molar-refractivity contribution in [2.75, 3.05) is 20.2 Å². The molecule has 1 amide bonds. The Kier molecular flexibility index (Phi) is 6.27. The van der Waals surface area contributed by atoms with E-state index < -0.39 is 0 Å². The quantitative estimate of drug-likeness (QED) is 0.574. The van der Waals surface area contributed by atoms with Gasteiger partial charge in [0.15, 0.2) is 11.5 Å². The van der Waals surface area contributed by atoms with E-state index in [1.165, 1.54) is 0 Å². The van der Waals surface area contributed by atoms with Crippen LogP contribution < -0.4 is 9.47 Å². The standard InChI is InChI=1S/C23H26N4O3/c1-29-21-9-7-18(15-22(21)30-17-19-5-3-2-4-6-19)8-10-23(28)26-13-11-20(16-26)27-14-12-24-25-27/h2-7,9,12,14-15,20H,8,10-11,13,16-17H2,1H3. The van der Waals surface area contributed by atoms with E-state index in [1.54, 1.807) is 13.3 Å². The molecule has 0 N–H and O–H groups in total. The predicted octanol–water partition coefficient (Wildman–Crippen LogP) is 3.27. The third-order valence-electron chi connectivity index (χ3n) is 5.42. The van der Waals surface area contributed by atoms with Crippen molar-refractivity contribution < 1.29 is 14.3 Å². The molecule has 4 rings (SSSR count). The zero-order valence-corrected chi connectivity index (χ0v) is 17.1. The number of nitrogens with zero attached hydrogens (tertiary/aromatic N) is 4. The number of amides is 1. The van der Waals surface area contributed by atoms with Crippen LogP contribution in [0.25, 0.3) is 0 Å². The molecule has 0 bridgehead atoms. The smallest absolute Gasteiger partial charge is 0.222 e. The molecule has 7 nitrogen and oxygen atoms in total. The monoisotopic (exact) mass is 406 g/mol. The highest BCUT2D eigenvalue weighted by atomic mass is 16.5. The van der Waals surface area contributed by atoms with Gasteiger partial charge in [0.2, 0.25) is 5.91 Å². The average molecular weight is 406 g/mol. The molecule has 156 valence electrons. The molecule has 1 atom stereocenters. The average Bonchev–Trinajstić information content (AvgIpc) is 3.49. The zero-order valence-electron chi connectivity index (χ0n) is 17.1. The number of hydrogen-bond donors (Lipinski definition) is 0. The first kappa shape index (κ1) is 19.9. The molecule has 1 aliphatic rings. The van der Waals surface area contributed by atoms with Gasteiger partial charge in [-0.25, -0.2) is 4.68 Å². The third kappa shape index (κ3) is 4.79. The van der Waals surface area contributed by atoms with Crippen molar-refractivity contribution in [2.24, 2.45) is 0 Å². The third-order valence-corrected chi connectivity index (χ3v) is 5.42. The minimum atomic E-state index is 0.167. The van der Waals surface area contributed by atoms with Crippen molar-refractivity contribution in [3.8, 4) is 11.5 Å². The molecule has 1 aromatic heterocycles. The van der Waals surface area contributed by atoms with E-state index in [0.29, 0.717) is 37.5 Å². The van der Waals surface area contributed by atoms with Crippen LogP contribution in [0.2, 0.25) is 0 Å². The first-order valence-electron chi connectivity index (χ1n) is 10.2. The summed E-state index contributed by atoms with van der Waals surface area (Å²) in [7, 11) is 1.63. The molecule has 0 radical (unpaired) electrons. The lowest BCUT2D eigenvalue weighted by atomic mass is 10.1. The van der Waals surface area contributed by atoms with E-state index in [1.807, 2.05) is 64.3 Å². The largest absolute Gasteiger partial charge is 0.493 e. The number of likely N-dealkylation sites (tertiary alicyclic amines) is 1. The van der Waals surface area contributed by atoms with Crippen molar-refractivity contribution in [3.05, 3.63) is 72.1 Å². The van der Waals surface area contributed by atoms with Gasteiger partial charge in [0.1, 0.15) is 6.61 Å². The molecule has 2 heterocycles. The maximum Gasteiger partial charge on any atom is 0.222 e. The van der Waals surface area contributed by atoms with E-state index in [-0.39, 0.29) is 11.9 Å².